The number of nitrogens with zero attached hydrogens (tertiary/aromatic N) is 2. The van der Waals surface area contributed by atoms with Crippen molar-refractivity contribution >= 4 is 5.91 Å². The van der Waals surface area contributed by atoms with E-state index in [0.717, 1.165) is 17.0 Å². The monoisotopic (exact) mass is 344 g/mol. The van der Waals surface area contributed by atoms with Crippen molar-refractivity contribution in [2.24, 2.45) is 0 Å². The summed E-state index contributed by atoms with van der Waals surface area (Å²) in [6.07, 6.45) is 0. The van der Waals surface area contributed by atoms with Gasteiger partial charge >= 0.3 is 0 Å². The molecule has 0 bridgehead atoms. The van der Waals surface area contributed by atoms with Crippen LogP contribution >= 0.6 is 0 Å². The molecule has 2 aromatic rings. The maximum Gasteiger partial charge on any atom is 0.257 e. The van der Waals surface area contributed by atoms with E-state index in [9.17, 15) is 4.79 Å². The van der Waals surface area contributed by atoms with Crippen LogP contribution in [0.15, 0.2) is 28.8 Å². The molecule has 25 heavy (non-hydrogen) atoms. The predicted molar refractivity (Wildman–Crippen MR) is 92.7 cm³/mol. The van der Waals surface area contributed by atoms with Gasteiger partial charge in [-0.25, -0.2) is 0 Å². The predicted octanol–water partition coefficient (Wildman–Crippen LogP) is 3.12. The molecule has 0 N–H and O–H groups in total. The van der Waals surface area contributed by atoms with Gasteiger partial charge in [-0.3, -0.25) is 4.79 Å². The molecule has 2 heterocycles. The summed E-state index contributed by atoms with van der Waals surface area (Å²) in [4.78, 5) is 14.8. The van der Waals surface area contributed by atoms with Crippen LogP contribution in [0.2, 0.25) is 0 Å². The van der Waals surface area contributed by atoms with Gasteiger partial charge in [0, 0.05) is 13.1 Å². The molecule has 1 aromatic carbocycles. The molecular formula is C19H24N2O4. The number of aryl methyl sites for hydroxylation is 2. The largest absolute Gasteiger partial charge is 0.488 e. The topological polar surface area (TPSA) is 64.8 Å². The van der Waals surface area contributed by atoms with E-state index in [0.29, 0.717) is 37.6 Å². The first-order chi connectivity index (χ1) is 11.9. The number of rotatable bonds is 4. The Hall–Kier alpha value is -2.34. The third kappa shape index (κ3) is 3.85. The lowest BCUT2D eigenvalue weighted by atomic mass is 10.1. The summed E-state index contributed by atoms with van der Waals surface area (Å²) in [5.74, 6) is 1.26. The van der Waals surface area contributed by atoms with Crippen molar-refractivity contribution in [2.45, 2.75) is 39.9 Å². The average Bonchev–Trinajstić information content (AvgIpc) is 2.90. The number of ether oxygens (including phenoxy) is 2. The molecule has 0 unspecified atom stereocenters. The molecule has 0 saturated carbocycles. The van der Waals surface area contributed by atoms with E-state index in [1.165, 1.54) is 0 Å². The Morgan fingerprint density at radius 2 is 2.08 bits per heavy atom. The smallest absolute Gasteiger partial charge is 0.257 e. The molecular weight excluding hydrogens is 320 g/mol. The number of aromatic nitrogens is 1. The number of carbonyl (C=O) groups is 1. The van der Waals surface area contributed by atoms with Crippen molar-refractivity contribution < 1.29 is 18.8 Å². The van der Waals surface area contributed by atoms with Crippen LogP contribution in [0.1, 0.15) is 41.2 Å². The molecule has 0 aliphatic carbocycles. The van der Waals surface area contributed by atoms with Crippen LogP contribution in [-0.4, -0.2) is 41.3 Å². The number of carbonyl (C=O) groups excluding carboxylic acids is 1. The van der Waals surface area contributed by atoms with E-state index >= 15 is 0 Å². The molecule has 1 fully saturated rings. The first-order valence-corrected chi connectivity index (χ1v) is 8.44. The van der Waals surface area contributed by atoms with Crippen molar-refractivity contribution in [3.63, 3.8) is 0 Å². The first-order valence-electron chi connectivity index (χ1n) is 8.44. The summed E-state index contributed by atoms with van der Waals surface area (Å²) >= 11 is 0. The van der Waals surface area contributed by atoms with Gasteiger partial charge in [0.25, 0.3) is 5.91 Å². The molecule has 6 nitrogen and oxygen atoms in total. The summed E-state index contributed by atoms with van der Waals surface area (Å²) in [6, 6.07) is 7.33. The van der Waals surface area contributed by atoms with E-state index in [-0.39, 0.29) is 11.5 Å². The van der Waals surface area contributed by atoms with Crippen molar-refractivity contribution in [1.29, 1.82) is 0 Å². The summed E-state index contributed by atoms with van der Waals surface area (Å²) in [5, 5.41) is 3.93. The standard InChI is InChI=1S/C19H24N2O4/c1-13-16(14(2)25-20-13)11-23-17-8-6-5-7-15(17)18(22)21-9-10-24-19(3,4)12-21/h5-8H,9-12H2,1-4H3. The number of morpholine rings is 1. The second-order valence-electron chi connectivity index (χ2n) is 6.92. The van der Waals surface area contributed by atoms with Gasteiger partial charge in [0.05, 0.1) is 29.0 Å². The van der Waals surface area contributed by atoms with Crippen molar-refractivity contribution in [3.8, 4) is 5.75 Å². The number of hydrogen-bond acceptors (Lipinski definition) is 5. The van der Waals surface area contributed by atoms with Crippen LogP contribution in [0.4, 0.5) is 0 Å². The third-order valence-corrected chi connectivity index (χ3v) is 4.38. The Kier molecular flexibility index (Phi) is 4.81. The van der Waals surface area contributed by atoms with E-state index in [1.54, 1.807) is 6.07 Å². The zero-order chi connectivity index (χ0) is 18.0. The molecule has 1 aliphatic rings. The maximum atomic E-state index is 13.0. The zero-order valence-electron chi connectivity index (χ0n) is 15.2. The molecule has 1 aliphatic heterocycles. The highest BCUT2D eigenvalue weighted by Gasteiger charge is 2.31. The van der Waals surface area contributed by atoms with Crippen LogP contribution < -0.4 is 4.74 Å². The number of amides is 1. The number of benzene rings is 1. The Labute approximate surface area is 147 Å². The lowest BCUT2D eigenvalue weighted by Crippen LogP contribution is -2.50. The summed E-state index contributed by atoms with van der Waals surface area (Å²) < 4.78 is 16.8. The van der Waals surface area contributed by atoms with Gasteiger partial charge in [0.2, 0.25) is 0 Å². The van der Waals surface area contributed by atoms with E-state index in [4.69, 9.17) is 14.0 Å². The highest BCUT2D eigenvalue weighted by atomic mass is 16.5. The van der Waals surface area contributed by atoms with Crippen LogP contribution in [0.3, 0.4) is 0 Å². The number of hydrogen-bond donors (Lipinski definition) is 0. The van der Waals surface area contributed by atoms with Gasteiger partial charge in [-0.05, 0) is 39.8 Å². The first kappa shape index (κ1) is 17.5. The maximum absolute atomic E-state index is 13.0. The van der Waals surface area contributed by atoms with Gasteiger partial charge < -0.3 is 18.9 Å². The Morgan fingerprint density at radius 3 is 2.76 bits per heavy atom. The Bertz CT molecular complexity index is 747. The molecule has 1 aromatic heterocycles. The molecule has 0 atom stereocenters. The molecule has 1 amide bonds. The van der Waals surface area contributed by atoms with Crippen LogP contribution in [0.5, 0.6) is 5.75 Å². The molecule has 0 spiro atoms. The lowest BCUT2D eigenvalue weighted by molar-refractivity contribution is -0.0764. The highest BCUT2D eigenvalue weighted by molar-refractivity contribution is 5.97. The van der Waals surface area contributed by atoms with Crippen molar-refractivity contribution in [3.05, 3.63) is 46.8 Å². The third-order valence-electron chi connectivity index (χ3n) is 4.38. The second-order valence-corrected chi connectivity index (χ2v) is 6.92. The van der Waals surface area contributed by atoms with Gasteiger partial charge in [-0.2, -0.15) is 0 Å². The SMILES string of the molecule is Cc1noc(C)c1COc1ccccc1C(=O)N1CCOC(C)(C)C1. The summed E-state index contributed by atoms with van der Waals surface area (Å²) in [6.45, 7) is 9.72. The fourth-order valence-electron chi connectivity index (χ4n) is 2.99. The van der Waals surface area contributed by atoms with Crippen molar-refractivity contribution in [2.75, 3.05) is 19.7 Å². The molecule has 1 saturated heterocycles. The van der Waals surface area contributed by atoms with E-state index in [1.807, 2.05) is 50.8 Å². The van der Waals surface area contributed by atoms with Crippen LogP contribution in [-0.2, 0) is 11.3 Å². The lowest BCUT2D eigenvalue weighted by Gasteiger charge is -2.38. The average molecular weight is 344 g/mol. The van der Waals surface area contributed by atoms with Crippen LogP contribution in [0, 0.1) is 13.8 Å². The minimum Gasteiger partial charge on any atom is -0.488 e. The van der Waals surface area contributed by atoms with Gasteiger partial charge in [-0.15, -0.1) is 0 Å². The Balaban J connectivity index is 1.77. The van der Waals surface area contributed by atoms with Gasteiger partial charge in [-0.1, -0.05) is 17.3 Å². The highest BCUT2D eigenvalue weighted by Crippen LogP contribution is 2.25. The zero-order valence-corrected chi connectivity index (χ0v) is 15.2. The summed E-state index contributed by atoms with van der Waals surface area (Å²) in [5.41, 5.74) is 1.94. The van der Waals surface area contributed by atoms with Crippen molar-refractivity contribution in [1.82, 2.24) is 10.1 Å². The second kappa shape index (κ2) is 6.88. The minimum atomic E-state index is -0.333. The fraction of sp³-hybridized carbons (Fsp3) is 0.474. The Morgan fingerprint density at radius 1 is 1.32 bits per heavy atom. The van der Waals surface area contributed by atoms with E-state index < -0.39 is 0 Å². The quantitative estimate of drug-likeness (QED) is 0.853. The molecule has 6 heteroatoms. The van der Waals surface area contributed by atoms with Gasteiger partial charge in [0.15, 0.2) is 0 Å². The normalized spacial score (nSPS) is 16.7. The molecule has 134 valence electrons. The molecule has 0 radical (unpaired) electrons. The van der Waals surface area contributed by atoms with E-state index in [2.05, 4.69) is 5.16 Å². The summed E-state index contributed by atoms with van der Waals surface area (Å²) in [7, 11) is 0. The fourth-order valence-corrected chi connectivity index (χ4v) is 2.99. The minimum absolute atomic E-state index is 0.0364. The number of para-hydroxylation sites is 1. The van der Waals surface area contributed by atoms with Gasteiger partial charge in [0.1, 0.15) is 18.1 Å². The van der Waals surface area contributed by atoms with Crippen LogP contribution in [0.25, 0.3) is 0 Å². The molecule has 3 rings (SSSR count).